The molecule has 94 valence electrons. The lowest BCUT2D eigenvalue weighted by Crippen LogP contribution is -2.45. The minimum Gasteiger partial charge on any atom is -0.454 e. The molecule has 1 aliphatic carbocycles. The standard InChI is InChI=1S/C11H20O5/c1-2-9(11(13,14)15)16-10(12)8-6-4-3-5-7-8/h8-9,13-15H,2-7H2,1H3. The van der Waals surface area contributed by atoms with Gasteiger partial charge in [0.25, 0.3) is 0 Å². The molecule has 0 aliphatic heterocycles. The van der Waals surface area contributed by atoms with Crippen LogP contribution in [0, 0.1) is 5.92 Å². The normalized spacial score (nSPS) is 20.5. The summed E-state index contributed by atoms with van der Waals surface area (Å²) in [5.74, 6) is -3.54. The van der Waals surface area contributed by atoms with Crippen LogP contribution < -0.4 is 0 Å². The Morgan fingerprint density at radius 2 is 1.88 bits per heavy atom. The molecular formula is C11H20O5. The lowest BCUT2D eigenvalue weighted by atomic mass is 9.89. The minimum absolute atomic E-state index is 0.155. The lowest BCUT2D eigenvalue weighted by molar-refractivity contribution is -0.356. The molecule has 5 heteroatoms. The van der Waals surface area contributed by atoms with Gasteiger partial charge >= 0.3 is 11.9 Å². The number of ether oxygens (including phenoxy) is 1. The number of esters is 1. The van der Waals surface area contributed by atoms with Gasteiger partial charge in [-0.15, -0.1) is 0 Å². The molecule has 0 heterocycles. The van der Waals surface area contributed by atoms with Crippen molar-refractivity contribution in [1.29, 1.82) is 0 Å². The van der Waals surface area contributed by atoms with Crippen molar-refractivity contribution in [2.45, 2.75) is 57.5 Å². The van der Waals surface area contributed by atoms with Gasteiger partial charge in [0, 0.05) is 0 Å². The Morgan fingerprint density at radius 1 is 1.31 bits per heavy atom. The molecule has 0 spiro atoms. The van der Waals surface area contributed by atoms with Crippen molar-refractivity contribution in [3.05, 3.63) is 0 Å². The minimum atomic E-state index is -2.95. The number of aliphatic hydroxyl groups is 3. The van der Waals surface area contributed by atoms with Crippen molar-refractivity contribution in [2.24, 2.45) is 5.92 Å². The predicted molar refractivity (Wildman–Crippen MR) is 56.1 cm³/mol. The van der Waals surface area contributed by atoms with Gasteiger partial charge in [0.05, 0.1) is 5.92 Å². The first-order valence-corrected chi connectivity index (χ1v) is 5.82. The zero-order chi connectivity index (χ0) is 12.2. The molecule has 0 aromatic heterocycles. The fourth-order valence-electron chi connectivity index (χ4n) is 2.01. The highest BCUT2D eigenvalue weighted by molar-refractivity contribution is 5.72. The molecule has 1 saturated carbocycles. The topological polar surface area (TPSA) is 87.0 Å². The average Bonchev–Trinajstić information content (AvgIpc) is 2.25. The van der Waals surface area contributed by atoms with Gasteiger partial charge in [-0.1, -0.05) is 26.2 Å². The molecule has 1 aliphatic rings. The van der Waals surface area contributed by atoms with Gasteiger partial charge in [0.15, 0.2) is 6.10 Å². The zero-order valence-corrected chi connectivity index (χ0v) is 9.56. The van der Waals surface area contributed by atoms with Crippen LogP contribution >= 0.6 is 0 Å². The molecule has 0 saturated heterocycles. The van der Waals surface area contributed by atoms with Gasteiger partial charge in [-0.25, -0.2) is 0 Å². The molecule has 0 radical (unpaired) electrons. The molecule has 1 unspecified atom stereocenters. The molecular weight excluding hydrogens is 212 g/mol. The molecule has 0 amide bonds. The van der Waals surface area contributed by atoms with Gasteiger partial charge in [0.2, 0.25) is 0 Å². The van der Waals surface area contributed by atoms with E-state index in [9.17, 15) is 4.79 Å². The first-order chi connectivity index (χ1) is 7.45. The summed E-state index contributed by atoms with van der Waals surface area (Å²) in [6, 6.07) is 0. The van der Waals surface area contributed by atoms with E-state index in [-0.39, 0.29) is 12.3 Å². The maximum atomic E-state index is 11.7. The summed E-state index contributed by atoms with van der Waals surface area (Å²) in [5, 5.41) is 26.9. The summed E-state index contributed by atoms with van der Waals surface area (Å²) in [4.78, 5) is 11.7. The number of hydrogen-bond acceptors (Lipinski definition) is 5. The second-order valence-electron chi connectivity index (χ2n) is 4.36. The number of rotatable bonds is 4. The van der Waals surface area contributed by atoms with E-state index in [2.05, 4.69) is 0 Å². The maximum absolute atomic E-state index is 11.7. The molecule has 3 N–H and O–H groups in total. The first kappa shape index (κ1) is 13.4. The monoisotopic (exact) mass is 232 g/mol. The Labute approximate surface area is 95.0 Å². The highest BCUT2D eigenvalue weighted by Crippen LogP contribution is 2.26. The molecule has 0 aromatic rings. The van der Waals surface area contributed by atoms with Crippen LogP contribution in [0.3, 0.4) is 0 Å². The van der Waals surface area contributed by atoms with Crippen molar-refractivity contribution in [2.75, 3.05) is 0 Å². The fourth-order valence-corrected chi connectivity index (χ4v) is 2.01. The maximum Gasteiger partial charge on any atom is 0.314 e. The quantitative estimate of drug-likeness (QED) is 0.486. The molecule has 1 fully saturated rings. The number of hydrogen-bond donors (Lipinski definition) is 3. The Kier molecular flexibility index (Phi) is 4.70. The first-order valence-electron chi connectivity index (χ1n) is 5.82. The summed E-state index contributed by atoms with van der Waals surface area (Å²) in [7, 11) is 0. The third-order valence-electron chi connectivity index (χ3n) is 3.00. The molecule has 5 nitrogen and oxygen atoms in total. The van der Waals surface area contributed by atoms with Crippen LogP contribution in [-0.4, -0.2) is 33.4 Å². The van der Waals surface area contributed by atoms with Crippen molar-refractivity contribution in [3.8, 4) is 0 Å². The Hall–Kier alpha value is -0.650. The molecule has 0 aromatic carbocycles. The van der Waals surface area contributed by atoms with Crippen LogP contribution in [0.5, 0.6) is 0 Å². The summed E-state index contributed by atoms with van der Waals surface area (Å²) < 4.78 is 4.91. The highest BCUT2D eigenvalue weighted by atomic mass is 16.7. The van der Waals surface area contributed by atoms with Crippen molar-refractivity contribution < 1.29 is 24.9 Å². The zero-order valence-electron chi connectivity index (χ0n) is 9.56. The van der Waals surface area contributed by atoms with E-state index in [1.165, 1.54) is 0 Å². The molecule has 16 heavy (non-hydrogen) atoms. The Morgan fingerprint density at radius 3 is 2.31 bits per heavy atom. The summed E-state index contributed by atoms with van der Waals surface area (Å²) in [5.41, 5.74) is 0. The SMILES string of the molecule is CCC(OC(=O)C1CCCCC1)C(O)(O)O. The number of carbonyl (C=O) groups excluding carboxylic acids is 1. The van der Waals surface area contributed by atoms with Crippen LogP contribution in [-0.2, 0) is 9.53 Å². The van der Waals surface area contributed by atoms with Crippen molar-refractivity contribution in [1.82, 2.24) is 0 Å². The fraction of sp³-hybridized carbons (Fsp3) is 0.909. The lowest BCUT2D eigenvalue weighted by Gasteiger charge is -2.27. The third kappa shape index (κ3) is 3.73. The van der Waals surface area contributed by atoms with E-state index in [1.54, 1.807) is 6.92 Å². The Bertz CT molecular complexity index is 227. The number of carbonyl (C=O) groups is 1. The summed E-state index contributed by atoms with van der Waals surface area (Å²) in [6.45, 7) is 1.61. The molecule has 1 rings (SSSR count). The van der Waals surface area contributed by atoms with Gasteiger partial charge in [-0.3, -0.25) is 4.79 Å². The second-order valence-corrected chi connectivity index (χ2v) is 4.36. The van der Waals surface area contributed by atoms with E-state index in [1.807, 2.05) is 0 Å². The second kappa shape index (κ2) is 5.61. The molecule has 0 bridgehead atoms. The van der Waals surface area contributed by atoms with Crippen LogP contribution in [0.4, 0.5) is 0 Å². The van der Waals surface area contributed by atoms with E-state index < -0.39 is 18.0 Å². The summed E-state index contributed by atoms with van der Waals surface area (Å²) >= 11 is 0. The summed E-state index contributed by atoms with van der Waals surface area (Å²) in [6.07, 6.45) is 3.57. The van der Waals surface area contributed by atoms with Gasteiger partial charge in [0.1, 0.15) is 0 Å². The largest absolute Gasteiger partial charge is 0.454 e. The van der Waals surface area contributed by atoms with Crippen LogP contribution in [0.1, 0.15) is 45.4 Å². The van der Waals surface area contributed by atoms with Crippen LogP contribution in [0.2, 0.25) is 0 Å². The van der Waals surface area contributed by atoms with E-state index in [4.69, 9.17) is 20.1 Å². The average molecular weight is 232 g/mol. The van der Waals surface area contributed by atoms with Crippen LogP contribution in [0.25, 0.3) is 0 Å². The van der Waals surface area contributed by atoms with E-state index in [0.29, 0.717) is 0 Å². The molecule has 1 atom stereocenters. The van der Waals surface area contributed by atoms with Crippen molar-refractivity contribution >= 4 is 5.97 Å². The predicted octanol–water partition coefficient (Wildman–Crippen LogP) is 0.519. The van der Waals surface area contributed by atoms with Crippen molar-refractivity contribution in [3.63, 3.8) is 0 Å². The smallest absolute Gasteiger partial charge is 0.314 e. The van der Waals surface area contributed by atoms with E-state index in [0.717, 1.165) is 32.1 Å². The Balaban J connectivity index is 2.48. The van der Waals surface area contributed by atoms with Gasteiger partial charge in [-0.2, -0.15) is 0 Å². The third-order valence-corrected chi connectivity index (χ3v) is 3.00. The highest BCUT2D eigenvalue weighted by Gasteiger charge is 2.36. The van der Waals surface area contributed by atoms with Gasteiger partial charge < -0.3 is 20.1 Å². The van der Waals surface area contributed by atoms with E-state index >= 15 is 0 Å². The van der Waals surface area contributed by atoms with Crippen LogP contribution in [0.15, 0.2) is 0 Å². The van der Waals surface area contributed by atoms with Gasteiger partial charge in [-0.05, 0) is 19.3 Å².